The van der Waals surface area contributed by atoms with E-state index in [9.17, 15) is 0 Å². The summed E-state index contributed by atoms with van der Waals surface area (Å²) in [7, 11) is 0. The van der Waals surface area contributed by atoms with Crippen LogP contribution in [-0.2, 0) is 0 Å². The van der Waals surface area contributed by atoms with Crippen LogP contribution < -0.4 is 5.73 Å². The minimum atomic E-state index is -0.295. The van der Waals surface area contributed by atoms with Crippen molar-refractivity contribution in [2.24, 2.45) is 5.73 Å². The van der Waals surface area contributed by atoms with E-state index in [-0.39, 0.29) is 5.82 Å². The molecule has 0 spiro atoms. The molecule has 0 aliphatic heterocycles. The number of hydrogen-bond donors (Lipinski definition) is 2. The van der Waals surface area contributed by atoms with Gasteiger partial charge in [-0.15, -0.1) is 0 Å². The molecule has 1 aliphatic rings. The Labute approximate surface area is 193 Å². The second-order valence-electron chi connectivity index (χ2n) is 8.80. The molecule has 4 heteroatoms. The van der Waals surface area contributed by atoms with Gasteiger partial charge in [0.25, 0.3) is 0 Å². The number of halogens is 1. The maximum Gasteiger partial charge on any atom is 0.141 e. The second-order valence-corrected chi connectivity index (χ2v) is 8.80. The highest BCUT2D eigenvalue weighted by atomic mass is 19.1. The summed E-state index contributed by atoms with van der Waals surface area (Å²) in [5, 5.41) is 0. The van der Waals surface area contributed by atoms with Crippen LogP contribution in [-0.4, -0.2) is 9.97 Å². The number of nitrogens with two attached hydrogens (primary N) is 1. The fraction of sp³-hybridized carbons (Fsp3) is 0.207. The van der Waals surface area contributed by atoms with Crippen LogP contribution in [0.2, 0.25) is 0 Å². The van der Waals surface area contributed by atoms with Gasteiger partial charge < -0.3 is 10.7 Å². The summed E-state index contributed by atoms with van der Waals surface area (Å²) in [6, 6.07) is 19.8. The summed E-state index contributed by atoms with van der Waals surface area (Å²) in [5.41, 5.74) is 12.8. The van der Waals surface area contributed by atoms with Crippen molar-refractivity contribution >= 4 is 16.6 Å². The van der Waals surface area contributed by atoms with Gasteiger partial charge in [0.1, 0.15) is 11.6 Å². The average molecular weight is 438 g/mol. The fourth-order valence-corrected chi connectivity index (χ4v) is 4.87. The molecule has 0 bridgehead atoms. The van der Waals surface area contributed by atoms with E-state index < -0.39 is 0 Å². The standard InChI is InChI=1S/C29H28FN3/c1-2-19(18-31)24-13-15-27-28(17-24)33-29(32-27)25-14-12-23(16-26(25)30)22-10-8-21(9-11-22)20-6-4-3-5-7-20/h2,8-18,20H,1,3-7,31H2,(H,32,33)/b19-18+. The number of nitrogens with one attached hydrogen (secondary N) is 1. The van der Waals surface area contributed by atoms with E-state index in [2.05, 4.69) is 40.8 Å². The average Bonchev–Trinajstić information content (AvgIpc) is 3.28. The van der Waals surface area contributed by atoms with Gasteiger partial charge in [0.15, 0.2) is 0 Å². The number of nitrogens with zero attached hydrogens (tertiary/aromatic N) is 1. The molecule has 0 atom stereocenters. The maximum atomic E-state index is 15.1. The van der Waals surface area contributed by atoms with E-state index in [1.165, 1.54) is 43.9 Å². The molecule has 3 aromatic carbocycles. The molecule has 3 nitrogen and oxygen atoms in total. The molecule has 1 aromatic heterocycles. The molecule has 5 rings (SSSR count). The van der Waals surface area contributed by atoms with Crippen LogP contribution in [0.5, 0.6) is 0 Å². The zero-order valence-electron chi connectivity index (χ0n) is 18.7. The van der Waals surface area contributed by atoms with Gasteiger partial charge in [-0.3, -0.25) is 0 Å². The maximum absolute atomic E-state index is 15.1. The normalized spacial score (nSPS) is 15.1. The molecule has 0 radical (unpaired) electrons. The first-order valence-corrected chi connectivity index (χ1v) is 11.6. The summed E-state index contributed by atoms with van der Waals surface area (Å²) < 4.78 is 15.1. The van der Waals surface area contributed by atoms with E-state index in [1.807, 2.05) is 24.3 Å². The summed E-state index contributed by atoms with van der Waals surface area (Å²) >= 11 is 0. The van der Waals surface area contributed by atoms with Gasteiger partial charge in [0, 0.05) is 6.20 Å². The molecule has 0 saturated heterocycles. The minimum absolute atomic E-state index is 0.295. The Morgan fingerprint density at radius 2 is 1.73 bits per heavy atom. The molecule has 1 fully saturated rings. The first kappa shape index (κ1) is 21.2. The molecular formula is C29H28FN3. The molecule has 3 N–H and O–H groups in total. The van der Waals surface area contributed by atoms with E-state index in [0.717, 1.165) is 33.3 Å². The lowest BCUT2D eigenvalue weighted by Gasteiger charge is -2.22. The van der Waals surface area contributed by atoms with Crippen LogP contribution in [0.15, 0.2) is 79.5 Å². The Hall–Kier alpha value is -3.66. The zero-order chi connectivity index (χ0) is 22.8. The SMILES string of the molecule is C=C/C(=C\N)c1ccc2nc(-c3ccc(-c4ccc(C5CCCCC5)cc4)cc3F)[nH]c2c1. The number of allylic oxidation sites excluding steroid dienone is 2. The first-order valence-electron chi connectivity index (χ1n) is 11.6. The Bertz CT molecular complexity index is 1320. The predicted octanol–water partition coefficient (Wildman–Crippen LogP) is 7.57. The molecule has 0 amide bonds. The summed E-state index contributed by atoms with van der Waals surface area (Å²) in [5.74, 6) is 0.885. The largest absolute Gasteiger partial charge is 0.404 e. The molecule has 0 unspecified atom stereocenters. The van der Waals surface area contributed by atoms with Gasteiger partial charge in [-0.05, 0) is 70.9 Å². The van der Waals surface area contributed by atoms with Crippen LogP contribution >= 0.6 is 0 Å². The number of imidazole rings is 1. The van der Waals surface area contributed by atoms with Gasteiger partial charge >= 0.3 is 0 Å². The third kappa shape index (κ3) is 4.21. The quantitative estimate of drug-likeness (QED) is 0.316. The predicted molar refractivity (Wildman–Crippen MR) is 135 cm³/mol. The van der Waals surface area contributed by atoms with Gasteiger partial charge in [0.2, 0.25) is 0 Å². The fourth-order valence-electron chi connectivity index (χ4n) is 4.87. The second kappa shape index (κ2) is 9.07. The topological polar surface area (TPSA) is 54.7 Å². The molecule has 1 aliphatic carbocycles. The molecule has 166 valence electrons. The van der Waals surface area contributed by atoms with Crippen molar-refractivity contribution < 1.29 is 4.39 Å². The van der Waals surface area contributed by atoms with Crippen molar-refractivity contribution in [1.82, 2.24) is 9.97 Å². The van der Waals surface area contributed by atoms with Crippen LogP contribution in [0.25, 0.3) is 39.1 Å². The number of aromatic amines is 1. The number of benzene rings is 3. The smallest absolute Gasteiger partial charge is 0.141 e. The minimum Gasteiger partial charge on any atom is -0.404 e. The Kier molecular flexibility index (Phi) is 5.82. The van der Waals surface area contributed by atoms with Gasteiger partial charge in [-0.1, -0.05) is 68.3 Å². The monoisotopic (exact) mass is 437 g/mol. The van der Waals surface area contributed by atoms with Crippen LogP contribution in [0.4, 0.5) is 4.39 Å². The third-order valence-electron chi connectivity index (χ3n) is 6.76. The number of rotatable bonds is 5. The lowest BCUT2D eigenvalue weighted by molar-refractivity contribution is 0.443. The van der Waals surface area contributed by atoms with Gasteiger partial charge in [0.05, 0.1) is 16.6 Å². The summed E-state index contributed by atoms with van der Waals surface area (Å²) in [6.45, 7) is 3.79. The van der Waals surface area contributed by atoms with Crippen LogP contribution in [0.1, 0.15) is 49.1 Å². The first-order chi connectivity index (χ1) is 16.2. The van der Waals surface area contributed by atoms with Crippen molar-refractivity contribution in [2.45, 2.75) is 38.0 Å². The lowest BCUT2D eigenvalue weighted by atomic mass is 9.83. The van der Waals surface area contributed by atoms with E-state index in [1.54, 1.807) is 18.2 Å². The Balaban J connectivity index is 1.42. The molecular weight excluding hydrogens is 409 g/mol. The van der Waals surface area contributed by atoms with Gasteiger partial charge in [-0.2, -0.15) is 0 Å². The van der Waals surface area contributed by atoms with Gasteiger partial charge in [-0.25, -0.2) is 9.37 Å². The van der Waals surface area contributed by atoms with E-state index in [4.69, 9.17) is 5.73 Å². The summed E-state index contributed by atoms with van der Waals surface area (Å²) in [4.78, 5) is 7.84. The van der Waals surface area contributed by atoms with Crippen molar-refractivity contribution in [3.05, 3.63) is 96.5 Å². The number of aromatic nitrogens is 2. The highest BCUT2D eigenvalue weighted by molar-refractivity contribution is 5.85. The van der Waals surface area contributed by atoms with Crippen molar-refractivity contribution in [1.29, 1.82) is 0 Å². The van der Waals surface area contributed by atoms with E-state index >= 15 is 4.39 Å². The molecule has 1 heterocycles. The van der Waals surface area contributed by atoms with E-state index in [0.29, 0.717) is 17.3 Å². The number of fused-ring (bicyclic) bond motifs is 1. The lowest BCUT2D eigenvalue weighted by Crippen LogP contribution is -2.04. The zero-order valence-corrected chi connectivity index (χ0v) is 18.7. The number of hydrogen-bond acceptors (Lipinski definition) is 2. The third-order valence-corrected chi connectivity index (χ3v) is 6.76. The van der Waals surface area contributed by atoms with Crippen molar-refractivity contribution in [2.75, 3.05) is 0 Å². The molecule has 33 heavy (non-hydrogen) atoms. The molecule has 1 saturated carbocycles. The van der Waals surface area contributed by atoms with Crippen molar-refractivity contribution in [3.8, 4) is 22.5 Å². The Morgan fingerprint density at radius 1 is 0.970 bits per heavy atom. The molecule has 4 aromatic rings. The van der Waals surface area contributed by atoms with Crippen LogP contribution in [0, 0.1) is 5.82 Å². The highest BCUT2D eigenvalue weighted by Crippen LogP contribution is 2.34. The Morgan fingerprint density at radius 3 is 2.42 bits per heavy atom. The van der Waals surface area contributed by atoms with Crippen LogP contribution in [0.3, 0.4) is 0 Å². The number of H-pyrrole nitrogens is 1. The van der Waals surface area contributed by atoms with Crippen molar-refractivity contribution in [3.63, 3.8) is 0 Å². The highest BCUT2D eigenvalue weighted by Gasteiger charge is 2.16. The summed E-state index contributed by atoms with van der Waals surface area (Å²) in [6.07, 6.45) is 9.78.